The van der Waals surface area contributed by atoms with E-state index in [4.69, 9.17) is 5.73 Å². The van der Waals surface area contributed by atoms with Crippen LogP contribution in [0.5, 0.6) is 0 Å². The Labute approximate surface area is 125 Å². The normalized spacial score (nSPS) is 12.4. The fraction of sp³-hybridized carbons (Fsp3) is 0.667. The van der Waals surface area contributed by atoms with Crippen molar-refractivity contribution in [3.05, 3.63) is 29.8 Å². The van der Waals surface area contributed by atoms with Gasteiger partial charge in [0.05, 0.1) is 0 Å². The predicted octanol–water partition coefficient (Wildman–Crippen LogP) is 4.37. The van der Waals surface area contributed by atoms with Crippen LogP contribution in [0.1, 0.15) is 51.5 Å². The van der Waals surface area contributed by atoms with Gasteiger partial charge >= 0.3 is 0 Å². The first kappa shape index (κ1) is 17.0. The lowest BCUT2D eigenvalue weighted by Gasteiger charge is -2.25. The van der Waals surface area contributed by atoms with E-state index in [2.05, 4.69) is 49.9 Å². The zero-order chi connectivity index (χ0) is 14.8. The zero-order valence-corrected chi connectivity index (χ0v) is 13.6. The lowest BCUT2D eigenvalue weighted by Crippen LogP contribution is -2.24. The van der Waals surface area contributed by atoms with Gasteiger partial charge in [0.2, 0.25) is 0 Å². The van der Waals surface area contributed by atoms with E-state index >= 15 is 0 Å². The minimum Gasteiger partial charge on any atom is -0.372 e. The van der Waals surface area contributed by atoms with Crippen LogP contribution in [0.4, 0.5) is 5.69 Å². The smallest absolute Gasteiger partial charge is 0.0368 e. The molecule has 0 saturated carbocycles. The topological polar surface area (TPSA) is 29.3 Å². The molecule has 0 aliphatic carbocycles. The Morgan fingerprint density at radius 1 is 1.15 bits per heavy atom. The molecule has 0 amide bonds. The van der Waals surface area contributed by atoms with Gasteiger partial charge in [0.1, 0.15) is 0 Å². The molecule has 1 rings (SSSR count). The predicted molar refractivity (Wildman–Crippen MR) is 90.4 cm³/mol. The third kappa shape index (κ3) is 5.96. The Morgan fingerprint density at radius 3 is 2.55 bits per heavy atom. The Kier molecular flexibility index (Phi) is 8.36. The minimum absolute atomic E-state index is 0.821. The van der Waals surface area contributed by atoms with Crippen LogP contribution in [0.15, 0.2) is 24.3 Å². The van der Waals surface area contributed by atoms with E-state index < -0.39 is 0 Å². The summed E-state index contributed by atoms with van der Waals surface area (Å²) in [7, 11) is 0. The van der Waals surface area contributed by atoms with Crippen molar-refractivity contribution in [2.45, 2.75) is 52.9 Å². The van der Waals surface area contributed by atoms with E-state index in [0.717, 1.165) is 25.6 Å². The van der Waals surface area contributed by atoms with E-state index in [1.807, 2.05) is 0 Å². The van der Waals surface area contributed by atoms with Crippen LogP contribution in [-0.4, -0.2) is 19.6 Å². The van der Waals surface area contributed by atoms with Crippen LogP contribution in [0.3, 0.4) is 0 Å². The second kappa shape index (κ2) is 9.82. The highest BCUT2D eigenvalue weighted by atomic mass is 15.1. The summed E-state index contributed by atoms with van der Waals surface area (Å²) in [6.45, 7) is 9.75. The fourth-order valence-corrected chi connectivity index (χ4v) is 2.94. The third-order valence-electron chi connectivity index (χ3n) is 4.06. The number of aryl methyl sites for hydroxylation is 1. The zero-order valence-electron chi connectivity index (χ0n) is 13.6. The summed E-state index contributed by atoms with van der Waals surface area (Å²) in [6.07, 6.45) is 6.37. The fourth-order valence-electron chi connectivity index (χ4n) is 2.94. The molecule has 2 nitrogen and oxygen atoms in total. The van der Waals surface area contributed by atoms with Gasteiger partial charge in [-0.25, -0.2) is 0 Å². The van der Waals surface area contributed by atoms with Crippen molar-refractivity contribution in [3.8, 4) is 0 Å². The maximum absolute atomic E-state index is 5.71. The van der Waals surface area contributed by atoms with Crippen LogP contribution in [0.25, 0.3) is 0 Å². The van der Waals surface area contributed by atoms with Crippen LogP contribution in [0.2, 0.25) is 0 Å². The van der Waals surface area contributed by atoms with Gasteiger partial charge in [-0.05, 0) is 63.3 Å². The van der Waals surface area contributed by atoms with Crippen molar-refractivity contribution >= 4 is 5.69 Å². The molecule has 0 aromatic heterocycles. The summed E-state index contributed by atoms with van der Waals surface area (Å²) in [5, 5.41) is 0. The molecule has 0 saturated heterocycles. The molecular weight excluding hydrogens is 244 g/mol. The van der Waals surface area contributed by atoms with Gasteiger partial charge in [0, 0.05) is 18.8 Å². The van der Waals surface area contributed by atoms with E-state index in [9.17, 15) is 0 Å². The van der Waals surface area contributed by atoms with Gasteiger partial charge in [-0.1, -0.05) is 31.9 Å². The van der Waals surface area contributed by atoms with Crippen LogP contribution < -0.4 is 10.6 Å². The second-order valence-electron chi connectivity index (χ2n) is 5.79. The first-order valence-corrected chi connectivity index (χ1v) is 8.22. The van der Waals surface area contributed by atoms with Crippen molar-refractivity contribution in [2.75, 3.05) is 24.5 Å². The van der Waals surface area contributed by atoms with Crippen LogP contribution in [0, 0.1) is 12.8 Å². The Bertz CT molecular complexity index is 356. The molecule has 1 aromatic carbocycles. The standard InChI is InChI=1S/C18H32N2/c1-4-8-17(12-13-19)10-7-14-20(5-2)18-11-6-9-16(3)15-18/h6,9,11,15,17H,4-5,7-8,10,12-14,19H2,1-3H3. The Hall–Kier alpha value is -1.02. The van der Waals surface area contributed by atoms with Crippen molar-refractivity contribution in [1.29, 1.82) is 0 Å². The molecule has 2 N–H and O–H groups in total. The number of anilines is 1. The highest BCUT2D eigenvalue weighted by Crippen LogP contribution is 2.20. The monoisotopic (exact) mass is 276 g/mol. The van der Waals surface area contributed by atoms with Crippen molar-refractivity contribution in [2.24, 2.45) is 11.7 Å². The van der Waals surface area contributed by atoms with Gasteiger partial charge in [0.15, 0.2) is 0 Å². The lowest BCUT2D eigenvalue weighted by molar-refractivity contribution is 0.409. The molecule has 1 unspecified atom stereocenters. The number of rotatable bonds is 10. The molecule has 0 aliphatic rings. The Morgan fingerprint density at radius 2 is 1.95 bits per heavy atom. The molecule has 1 aromatic rings. The molecule has 114 valence electrons. The van der Waals surface area contributed by atoms with Gasteiger partial charge in [-0.15, -0.1) is 0 Å². The van der Waals surface area contributed by atoms with Gasteiger partial charge in [-0.2, -0.15) is 0 Å². The largest absolute Gasteiger partial charge is 0.372 e. The summed E-state index contributed by atoms with van der Waals surface area (Å²) in [5.41, 5.74) is 8.41. The molecule has 0 heterocycles. The average molecular weight is 276 g/mol. The summed E-state index contributed by atoms with van der Waals surface area (Å²) in [4.78, 5) is 2.48. The maximum Gasteiger partial charge on any atom is 0.0368 e. The van der Waals surface area contributed by atoms with Gasteiger partial charge in [0.25, 0.3) is 0 Å². The maximum atomic E-state index is 5.71. The molecule has 0 spiro atoms. The van der Waals surface area contributed by atoms with E-state index in [0.29, 0.717) is 0 Å². The first-order valence-electron chi connectivity index (χ1n) is 8.22. The highest BCUT2D eigenvalue weighted by Gasteiger charge is 2.09. The molecular formula is C18H32N2. The Balaban J connectivity index is 2.44. The number of nitrogens with two attached hydrogens (primary N) is 1. The molecule has 0 aliphatic heterocycles. The second-order valence-corrected chi connectivity index (χ2v) is 5.79. The SMILES string of the molecule is CCCC(CCN)CCCN(CC)c1cccc(C)c1. The summed E-state index contributed by atoms with van der Waals surface area (Å²) >= 11 is 0. The number of hydrogen-bond donors (Lipinski definition) is 1. The highest BCUT2D eigenvalue weighted by molar-refractivity contribution is 5.48. The van der Waals surface area contributed by atoms with E-state index in [1.165, 1.54) is 43.4 Å². The minimum atomic E-state index is 0.821. The summed E-state index contributed by atoms with van der Waals surface area (Å²) < 4.78 is 0. The molecule has 0 radical (unpaired) electrons. The molecule has 2 heteroatoms. The number of benzene rings is 1. The quantitative estimate of drug-likeness (QED) is 0.687. The van der Waals surface area contributed by atoms with Crippen molar-refractivity contribution < 1.29 is 0 Å². The summed E-state index contributed by atoms with van der Waals surface area (Å²) in [5.74, 6) is 0.821. The average Bonchev–Trinajstić information content (AvgIpc) is 2.44. The molecule has 0 fully saturated rings. The molecule has 0 bridgehead atoms. The number of hydrogen-bond acceptors (Lipinski definition) is 2. The van der Waals surface area contributed by atoms with E-state index in [-0.39, 0.29) is 0 Å². The molecule has 20 heavy (non-hydrogen) atoms. The van der Waals surface area contributed by atoms with Gasteiger partial charge < -0.3 is 10.6 Å². The first-order chi connectivity index (χ1) is 9.71. The van der Waals surface area contributed by atoms with Gasteiger partial charge in [-0.3, -0.25) is 0 Å². The summed E-state index contributed by atoms with van der Waals surface area (Å²) in [6, 6.07) is 8.82. The van der Waals surface area contributed by atoms with Crippen molar-refractivity contribution in [1.82, 2.24) is 0 Å². The molecule has 1 atom stereocenters. The van der Waals surface area contributed by atoms with Crippen molar-refractivity contribution in [3.63, 3.8) is 0 Å². The number of nitrogens with zero attached hydrogens (tertiary/aromatic N) is 1. The van der Waals surface area contributed by atoms with E-state index in [1.54, 1.807) is 0 Å². The lowest BCUT2D eigenvalue weighted by atomic mass is 9.94. The van der Waals surface area contributed by atoms with Crippen LogP contribution >= 0.6 is 0 Å². The van der Waals surface area contributed by atoms with Crippen LogP contribution in [-0.2, 0) is 0 Å². The third-order valence-corrected chi connectivity index (χ3v) is 4.06.